The smallest absolute Gasteiger partial charge is 0.0703 e. The molecule has 1 aliphatic rings. The van der Waals surface area contributed by atoms with Gasteiger partial charge in [-0.05, 0) is 12.1 Å². The van der Waals surface area contributed by atoms with E-state index in [2.05, 4.69) is 15.9 Å². The lowest BCUT2D eigenvalue weighted by molar-refractivity contribution is 0.0455. The molecule has 1 saturated heterocycles. The van der Waals surface area contributed by atoms with Gasteiger partial charge in [0.25, 0.3) is 0 Å². The Morgan fingerprint density at radius 1 is 1.50 bits per heavy atom. The van der Waals surface area contributed by atoms with E-state index in [1.165, 1.54) is 0 Å². The van der Waals surface area contributed by atoms with E-state index in [0.29, 0.717) is 5.25 Å². The van der Waals surface area contributed by atoms with Gasteiger partial charge in [0, 0.05) is 14.9 Å². The van der Waals surface area contributed by atoms with Crippen LogP contribution in [0.1, 0.15) is 5.56 Å². The first-order valence-corrected chi connectivity index (χ1v) is 6.11. The minimum absolute atomic E-state index is 0.0807. The van der Waals surface area contributed by atoms with E-state index in [-0.39, 0.29) is 6.61 Å². The van der Waals surface area contributed by atoms with Crippen LogP contribution < -0.4 is 0 Å². The van der Waals surface area contributed by atoms with E-state index < -0.39 is 0 Å². The van der Waals surface area contributed by atoms with E-state index in [0.717, 1.165) is 28.1 Å². The predicted molar refractivity (Wildman–Crippen MR) is 60.5 cm³/mol. The summed E-state index contributed by atoms with van der Waals surface area (Å²) in [4.78, 5) is 1.15. The maximum absolute atomic E-state index is 9.23. The number of rotatable bonds is 3. The predicted octanol–water partition coefficient (Wildman–Crippen LogP) is 2.43. The molecule has 0 bridgehead atoms. The van der Waals surface area contributed by atoms with Gasteiger partial charge in [0.15, 0.2) is 0 Å². The molecule has 76 valence electrons. The minimum atomic E-state index is 0.0807. The number of aliphatic hydroxyl groups is 1. The van der Waals surface area contributed by atoms with Crippen molar-refractivity contribution in [2.24, 2.45) is 0 Å². The molecule has 0 saturated carbocycles. The molecule has 2 rings (SSSR count). The molecule has 2 nitrogen and oxygen atoms in total. The van der Waals surface area contributed by atoms with Gasteiger partial charge in [0.1, 0.15) is 0 Å². The average Bonchev–Trinajstić information content (AvgIpc) is 2.11. The van der Waals surface area contributed by atoms with E-state index in [1.807, 2.05) is 18.2 Å². The maximum atomic E-state index is 9.23. The van der Waals surface area contributed by atoms with E-state index in [1.54, 1.807) is 11.8 Å². The van der Waals surface area contributed by atoms with Gasteiger partial charge in [-0.15, -0.1) is 11.8 Å². The van der Waals surface area contributed by atoms with Gasteiger partial charge in [0.2, 0.25) is 0 Å². The fourth-order valence-corrected chi connectivity index (χ4v) is 3.05. The van der Waals surface area contributed by atoms with Crippen LogP contribution >= 0.6 is 27.7 Å². The van der Waals surface area contributed by atoms with Crippen molar-refractivity contribution in [2.75, 3.05) is 13.2 Å². The summed E-state index contributed by atoms with van der Waals surface area (Å²) in [6.45, 7) is 1.72. The molecule has 0 radical (unpaired) electrons. The monoisotopic (exact) mass is 274 g/mol. The lowest BCUT2D eigenvalue weighted by Crippen LogP contribution is -2.30. The lowest BCUT2D eigenvalue weighted by Gasteiger charge is -2.26. The van der Waals surface area contributed by atoms with Gasteiger partial charge in [-0.1, -0.05) is 22.0 Å². The van der Waals surface area contributed by atoms with E-state index in [9.17, 15) is 5.11 Å². The highest BCUT2D eigenvalue weighted by Crippen LogP contribution is 2.33. The number of hydrogen-bond donors (Lipinski definition) is 1. The zero-order valence-corrected chi connectivity index (χ0v) is 9.97. The first-order valence-electron chi connectivity index (χ1n) is 4.44. The summed E-state index contributed by atoms with van der Waals surface area (Å²) in [7, 11) is 0. The first kappa shape index (κ1) is 10.5. The Balaban J connectivity index is 2.17. The normalized spacial score (nSPS) is 16.7. The molecule has 1 aromatic rings. The van der Waals surface area contributed by atoms with E-state index in [4.69, 9.17) is 4.74 Å². The van der Waals surface area contributed by atoms with Gasteiger partial charge >= 0.3 is 0 Å². The number of hydrogen-bond acceptors (Lipinski definition) is 3. The number of ether oxygens (including phenoxy) is 1. The molecule has 0 aliphatic carbocycles. The number of thioether (sulfide) groups is 1. The highest BCUT2D eigenvalue weighted by molar-refractivity contribution is 9.10. The molecule has 1 heterocycles. The van der Waals surface area contributed by atoms with Crippen molar-refractivity contribution < 1.29 is 9.84 Å². The fraction of sp³-hybridized carbons (Fsp3) is 0.400. The summed E-state index contributed by atoms with van der Waals surface area (Å²) in [5.74, 6) is 0. The molecule has 0 amide bonds. The molecule has 0 aromatic heterocycles. The highest BCUT2D eigenvalue weighted by atomic mass is 79.9. The number of halogens is 1. The molecule has 4 heteroatoms. The Labute approximate surface area is 95.8 Å². The fourth-order valence-electron chi connectivity index (χ4n) is 1.26. The molecule has 14 heavy (non-hydrogen) atoms. The van der Waals surface area contributed by atoms with Crippen LogP contribution in [0.3, 0.4) is 0 Å². The second-order valence-electron chi connectivity index (χ2n) is 3.15. The SMILES string of the molecule is OCc1c(Br)cccc1SC1COC1. The van der Waals surface area contributed by atoms with Crippen molar-refractivity contribution in [3.05, 3.63) is 28.2 Å². The molecule has 0 atom stereocenters. The third kappa shape index (κ3) is 2.14. The summed E-state index contributed by atoms with van der Waals surface area (Å²) in [5, 5.41) is 9.78. The first-order chi connectivity index (χ1) is 6.81. The molecular weight excluding hydrogens is 264 g/mol. The molecule has 1 aliphatic heterocycles. The van der Waals surface area contributed by atoms with Crippen molar-refractivity contribution in [2.45, 2.75) is 16.8 Å². The summed E-state index contributed by atoms with van der Waals surface area (Å²) in [6.07, 6.45) is 0. The molecule has 0 spiro atoms. The van der Waals surface area contributed by atoms with Crippen LogP contribution in [0.2, 0.25) is 0 Å². The summed E-state index contributed by atoms with van der Waals surface area (Å²) >= 11 is 5.21. The third-order valence-corrected chi connectivity index (χ3v) is 4.12. The largest absolute Gasteiger partial charge is 0.392 e. The van der Waals surface area contributed by atoms with Crippen molar-refractivity contribution in [1.29, 1.82) is 0 Å². The van der Waals surface area contributed by atoms with Crippen molar-refractivity contribution >= 4 is 27.7 Å². The van der Waals surface area contributed by atoms with Gasteiger partial charge < -0.3 is 9.84 Å². The van der Waals surface area contributed by atoms with Gasteiger partial charge in [-0.25, -0.2) is 0 Å². The standard InChI is InChI=1S/C10H11BrO2S/c11-9-2-1-3-10(8(9)4-12)14-7-5-13-6-7/h1-3,7,12H,4-6H2. The second-order valence-corrected chi connectivity index (χ2v) is 5.35. The van der Waals surface area contributed by atoms with Gasteiger partial charge in [-0.2, -0.15) is 0 Å². The number of benzene rings is 1. The van der Waals surface area contributed by atoms with Crippen LogP contribution in [-0.2, 0) is 11.3 Å². The zero-order valence-electron chi connectivity index (χ0n) is 7.57. The van der Waals surface area contributed by atoms with Crippen molar-refractivity contribution in [3.8, 4) is 0 Å². The van der Waals surface area contributed by atoms with Crippen LogP contribution in [0.4, 0.5) is 0 Å². The Kier molecular flexibility index (Phi) is 3.49. The van der Waals surface area contributed by atoms with Crippen LogP contribution in [0.5, 0.6) is 0 Å². The van der Waals surface area contributed by atoms with Crippen LogP contribution in [-0.4, -0.2) is 23.6 Å². The second kappa shape index (κ2) is 4.66. The van der Waals surface area contributed by atoms with Gasteiger partial charge in [0.05, 0.1) is 25.1 Å². The molecular formula is C10H11BrO2S. The van der Waals surface area contributed by atoms with Crippen molar-refractivity contribution in [3.63, 3.8) is 0 Å². The Morgan fingerprint density at radius 3 is 2.86 bits per heavy atom. The van der Waals surface area contributed by atoms with Gasteiger partial charge in [-0.3, -0.25) is 0 Å². The maximum Gasteiger partial charge on any atom is 0.0703 e. The topological polar surface area (TPSA) is 29.5 Å². The molecule has 1 fully saturated rings. The van der Waals surface area contributed by atoms with Crippen LogP contribution in [0.15, 0.2) is 27.6 Å². The Morgan fingerprint density at radius 2 is 2.29 bits per heavy atom. The van der Waals surface area contributed by atoms with Crippen LogP contribution in [0.25, 0.3) is 0 Å². The van der Waals surface area contributed by atoms with E-state index >= 15 is 0 Å². The summed E-state index contributed by atoms with van der Waals surface area (Å²) < 4.78 is 6.09. The summed E-state index contributed by atoms with van der Waals surface area (Å²) in [6, 6.07) is 5.98. The quantitative estimate of drug-likeness (QED) is 0.918. The Bertz CT molecular complexity index is 326. The summed E-state index contributed by atoms with van der Waals surface area (Å²) in [5.41, 5.74) is 0.976. The molecule has 1 aromatic carbocycles. The molecule has 0 unspecified atom stereocenters. The lowest BCUT2D eigenvalue weighted by atomic mass is 10.2. The van der Waals surface area contributed by atoms with Crippen molar-refractivity contribution in [1.82, 2.24) is 0 Å². The molecule has 1 N–H and O–H groups in total. The third-order valence-electron chi connectivity index (χ3n) is 2.14. The minimum Gasteiger partial charge on any atom is -0.392 e. The zero-order chi connectivity index (χ0) is 9.97. The van der Waals surface area contributed by atoms with Crippen LogP contribution in [0, 0.1) is 0 Å². The Hall–Kier alpha value is -0.0300. The average molecular weight is 275 g/mol. The highest BCUT2D eigenvalue weighted by Gasteiger charge is 2.21. The number of aliphatic hydroxyl groups excluding tert-OH is 1.